The number of aryl methyl sites for hydroxylation is 2. The van der Waals surface area contributed by atoms with E-state index in [1.165, 1.54) is 16.0 Å². The van der Waals surface area contributed by atoms with Crippen molar-refractivity contribution < 1.29 is 0 Å². The van der Waals surface area contributed by atoms with Gasteiger partial charge in [0.25, 0.3) is 0 Å². The Morgan fingerprint density at radius 3 is 2.55 bits per heavy atom. The van der Waals surface area contributed by atoms with Crippen LogP contribution in [0, 0.1) is 19.8 Å². The SMILES string of the molecule is CN=C(NCc1nc(C)c(C)s1)NCC(C(C)C)N1CCc2ccccc2C1.I. The second-order valence-corrected chi connectivity index (χ2v) is 9.14. The van der Waals surface area contributed by atoms with Crippen molar-refractivity contribution in [2.45, 2.75) is 53.2 Å². The van der Waals surface area contributed by atoms with E-state index < -0.39 is 0 Å². The lowest BCUT2D eigenvalue weighted by atomic mass is 9.95. The normalized spacial score (nSPS) is 15.6. The van der Waals surface area contributed by atoms with Crippen molar-refractivity contribution >= 4 is 41.3 Å². The summed E-state index contributed by atoms with van der Waals surface area (Å²) in [5, 5.41) is 8.05. The van der Waals surface area contributed by atoms with Crippen molar-refractivity contribution in [3.63, 3.8) is 0 Å². The summed E-state index contributed by atoms with van der Waals surface area (Å²) in [6.07, 6.45) is 1.13. The van der Waals surface area contributed by atoms with Crippen molar-refractivity contribution in [1.82, 2.24) is 20.5 Å². The summed E-state index contributed by atoms with van der Waals surface area (Å²) in [4.78, 5) is 12.9. The highest BCUT2D eigenvalue weighted by Gasteiger charge is 2.25. The third-order valence-electron chi connectivity index (χ3n) is 5.58. The minimum atomic E-state index is 0. The molecular formula is C22H34IN5S. The minimum absolute atomic E-state index is 0. The first-order chi connectivity index (χ1) is 13.5. The van der Waals surface area contributed by atoms with E-state index >= 15 is 0 Å². The highest BCUT2D eigenvalue weighted by Crippen LogP contribution is 2.22. The van der Waals surface area contributed by atoms with Crippen LogP contribution in [0.25, 0.3) is 0 Å². The lowest BCUT2D eigenvalue weighted by Crippen LogP contribution is -2.50. The highest BCUT2D eigenvalue weighted by molar-refractivity contribution is 14.0. The Balaban J connectivity index is 0.00000300. The standard InChI is InChI=1S/C22H33N5S.HI/c1-15(2)20(27-11-10-18-8-6-7-9-19(18)14-27)12-24-22(23-5)25-13-21-26-16(3)17(4)28-21;/h6-9,15,20H,10-14H2,1-5H3,(H2,23,24,25);1H. The van der Waals surface area contributed by atoms with E-state index in [2.05, 4.69) is 77.5 Å². The van der Waals surface area contributed by atoms with Crippen molar-refractivity contribution in [2.75, 3.05) is 20.1 Å². The lowest BCUT2D eigenvalue weighted by Gasteiger charge is -2.38. The van der Waals surface area contributed by atoms with Crippen LogP contribution in [-0.2, 0) is 19.5 Å². The quantitative estimate of drug-likeness (QED) is 0.337. The molecule has 3 rings (SSSR count). The molecule has 1 aromatic heterocycles. The first-order valence-corrected chi connectivity index (χ1v) is 11.0. The van der Waals surface area contributed by atoms with Gasteiger partial charge in [0.05, 0.1) is 12.2 Å². The molecule has 2 heterocycles. The van der Waals surface area contributed by atoms with Gasteiger partial charge in [0.1, 0.15) is 5.01 Å². The molecule has 2 N–H and O–H groups in total. The maximum Gasteiger partial charge on any atom is 0.191 e. The lowest BCUT2D eigenvalue weighted by molar-refractivity contribution is 0.140. The number of aliphatic imine (C=N–C) groups is 1. The zero-order valence-corrected chi connectivity index (χ0v) is 21.3. The number of nitrogens with one attached hydrogen (secondary N) is 2. The molecule has 0 saturated carbocycles. The zero-order chi connectivity index (χ0) is 20.1. The Bertz CT molecular complexity index is 798. The molecule has 0 amide bonds. The van der Waals surface area contributed by atoms with Crippen molar-refractivity contribution in [3.05, 3.63) is 51.0 Å². The van der Waals surface area contributed by atoms with Gasteiger partial charge in [-0.1, -0.05) is 38.1 Å². The maximum atomic E-state index is 4.60. The molecule has 29 heavy (non-hydrogen) atoms. The Labute approximate surface area is 196 Å². The molecule has 160 valence electrons. The molecule has 0 bridgehead atoms. The molecule has 2 aromatic rings. The van der Waals surface area contributed by atoms with E-state index in [1.54, 1.807) is 11.3 Å². The molecule has 0 aliphatic carbocycles. The molecule has 1 atom stereocenters. The topological polar surface area (TPSA) is 52.6 Å². The number of benzene rings is 1. The number of rotatable bonds is 6. The van der Waals surface area contributed by atoms with Gasteiger partial charge in [-0.15, -0.1) is 35.3 Å². The van der Waals surface area contributed by atoms with Crippen molar-refractivity contribution in [1.29, 1.82) is 0 Å². The Kier molecular flexibility index (Phi) is 9.36. The molecule has 1 unspecified atom stereocenters. The molecule has 1 aliphatic heterocycles. The van der Waals surface area contributed by atoms with Crippen molar-refractivity contribution in [2.24, 2.45) is 10.9 Å². The van der Waals surface area contributed by atoms with E-state index in [4.69, 9.17) is 0 Å². The van der Waals surface area contributed by atoms with Gasteiger partial charge in [-0.3, -0.25) is 9.89 Å². The van der Waals surface area contributed by atoms with Gasteiger partial charge in [0.15, 0.2) is 5.96 Å². The average molecular weight is 528 g/mol. The number of aromatic nitrogens is 1. The monoisotopic (exact) mass is 527 g/mol. The number of hydrogen-bond donors (Lipinski definition) is 2. The van der Waals surface area contributed by atoms with Crippen LogP contribution in [0.4, 0.5) is 0 Å². The largest absolute Gasteiger partial charge is 0.355 e. The summed E-state index contributed by atoms with van der Waals surface area (Å²) in [6.45, 7) is 12.5. The summed E-state index contributed by atoms with van der Waals surface area (Å²) in [5.41, 5.74) is 4.09. The number of hydrogen-bond acceptors (Lipinski definition) is 4. The van der Waals surface area contributed by atoms with Gasteiger partial charge < -0.3 is 10.6 Å². The van der Waals surface area contributed by atoms with Gasteiger partial charge in [-0.25, -0.2) is 4.98 Å². The maximum absolute atomic E-state index is 4.60. The minimum Gasteiger partial charge on any atom is -0.355 e. The van der Waals surface area contributed by atoms with E-state index in [0.717, 1.165) is 42.7 Å². The fourth-order valence-corrected chi connectivity index (χ4v) is 4.66. The van der Waals surface area contributed by atoms with Crippen LogP contribution in [-0.4, -0.2) is 42.0 Å². The zero-order valence-electron chi connectivity index (χ0n) is 18.2. The van der Waals surface area contributed by atoms with Crippen LogP contribution in [0.1, 0.15) is 40.6 Å². The number of fused-ring (bicyclic) bond motifs is 1. The van der Waals surface area contributed by atoms with Gasteiger partial charge in [-0.2, -0.15) is 0 Å². The fourth-order valence-electron chi connectivity index (χ4n) is 3.78. The highest BCUT2D eigenvalue weighted by atomic mass is 127. The molecule has 0 fully saturated rings. The number of guanidine groups is 1. The van der Waals surface area contributed by atoms with E-state index in [-0.39, 0.29) is 24.0 Å². The fraction of sp³-hybridized carbons (Fsp3) is 0.545. The summed E-state index contributed by atoms with van der Waals surface area (Å²) >= 11 is 1.75. The number of thiazole rings is 1. The van der Waals surface area contributed by atoms with E-state index in [0.29, 0.717) is 18.5 Å². The van der Waals surface area contributed by atoms with Crippen LogP contribution in [0.15, 0.2) is 29.3 Å². The molecule has 7 heteroatoms. The van der Waals surface area contributed by atoms with Crippen LogP contribution in [0.5, 0.6) is 0 Å². The van der Waals surface area contributed by atoms with Gasteiger partial charge in [0.2, 0.25) is 0 Å². The van der Waals surface area contributed by atoms with E-state index in [9.17, 15) is 0 Å². The second kappa shape index (κ2) is 11.3. The van der Waals surface area contributed by atoms with E-state index in [1.807, 2.05) is 7.05 Å². The van der Waals surface area contributed by atoms with Crippen LogP contribution < -0.4 is 10.6 Å². The predicted molar refractivity (Wildman–Crippen MR) is 134 cm³/mol. The van der Waals surface area contributed by atoms with Gasteiger partial charge in [-0.05, 0) is 37.3 Å². The summed E-state index contributed by atoms with van der Waals surface area (Å²) in [6, 6.07) is 9.31. The first-order valence-electron chi connectivity index (χ1n) is 10.2. The summed E-state index contributed by atoms with van der Waals surface area (Å²) in [7, 11) is 1.83. The van der Waals surface area contributed by atoms with Crippen LogP contribution >= 0.6 is 35.3 Å². The van der Waals surface area contributed by atoms with Gasteiger partial charge >= 0.3 is 0 Å². The molecule has 0 radical (unpaired) electrons. The molecule has 0 spiro atoms. The summed E-state index contributed by atoms with van der Waals surface area (Å²) < 4.78 is 0. The summed E-state index contributed by atoms with van der Waals surface area (Å²) in [5.74, 6) is 1.41. The Morgan fingerprint density at radius 1 is 1.21 bits per heavy atom. The Hall–Kier alpha value is -1.19. The smallest absolute Gasteiger partial charge is 0.191 e. The molecule has 0 saturated heterocycles. The van der Waals surface area contributed by atoms with Gasteiger partial charge in [0, 0.05) is 37.6 Å². The third kappa shape index (κ3) is 6.39. The van der Waals surface area contributed by atoms with Crippen LogP contribution in [0.2, 0.25) is 0 Å². The molecule has 1 aliphatic rings. The van der Waals surface area contributed by atoms with Crippen molar-refractivity contribution in [3.8, 4) is 0 Å². The van der Waals surface area contributed by atoms with Crippen LogP contribution in [0.3, 0.4) is 0 Å². The molecule has 5 nitrogen and oxygen atoms in total. The number of nitrogens with zero attached hydrogens (tertiary/aromatic N) is 3. The first kappa shape index (κ1) is 24.1. The second-order valence-electron chi connectivity index (χ2n) is 7.86. The average Bonchev–Trinajstić information content (AvgIpc) is 3.01. The Morgan fingerprint density at radius 2 is 1.93 bits per heavy atom. The predicted octanol–water partition coefficient (Wildman–Crippen LogP) is 4.13. The molecule has 1 aromatic carbocycles. The number of halogens is 1. The molecular weight excluding hydrogens is 493 g/mol. The third-order valence-corrected chi connectivity index (χ3v) is 6.65.